The van der Waals surface area contributed by atoms with Gasteiger partial charge in [0, 0.05) is 24.1 Å². The van der Waals surface area contributed by atoms with Crippen LogP contribution < -0.4 is 0 Å². The molecule has 0 radical (unpaired) electrons. The van der Waals surface area contributed by atoms with Crippen molar-refractivity contribution in [3.8, 4) is 11.4 Å². The first kappa shape index (κ1) is 12.6. The van der Waals surface area contributed by atoms with Crippen LogP contribution in [0.4, 0.5) is 0 Å². The minimum atomic E-state index is -0.845. The Kier molecular flexibility index (Phi) is 3.62. The second-order valence-corrected chi connectivity index (χ2v) is 4.34. The predicted molar refractivity (Wildman–Crippen MR) is 67.4 cm³/mol. The third-order valence-corrected chi connectivity index (χ3v) is 2.85. The lowest BCUT2D eigenvalue weighted by Crippen LogP contribution is -2.04. The first-order valence-corrected chi connectivity index (χ1v) is 5.81. The van der Waals surface area contributed by atoms with Crippen LogP contribution in [0.5, 0.6) is 0 Å². The summed E-state index contributed by atoms with van der Waals surface area (Å²) >= 11 is 5.92. The van der Waals surface area contributed by atoms with E-state index in [4.69, 9.17) is 16.7 Å². The Morgan fingerprint density at radius 3 is 2.89 bits per heavy atom. The van der Waals surface area contributed by atoms with Crippen molar-refractivity contribution in [3.63, 3.8) is 0 Å². The zero-order chi connectivity index (χ0) is 13.1. The molecular formula is C12H12ClN3O2. The molecule has 0 unspecified atom stereocenters. The number of aliphatic carboxylic acids is 1. The van der Waals surface area contributed by atoms with Crippen LogP contribution in [0.3, 0.4) is 0 Å². The van der Waals surface area contributed by atoms with Crippen molar-refractivity contribution >= 4 is 17.6 Å². The van der Waals surface area contributed by atoms with Crippen LogP contribution in [0.1, 0.15) is 12.2 Å². The Labute approximate surface area is 109 Å². The molecule has 6 heteroatoms. The van der Waals surface area contributed by atoms with E-state index in [0.717, 1.165) is 5.56 Å². The van der Waals surface area contributed by atoms with E-state index in [0.29, 0.717) is 23.1 Å². The maximum absolute atomic E-state index is 10.5. The Balaban J connectivity index is 2.28. The molecule has 1 aromatic carbocycles. The van der Waals surface area contributed by atoms with E-state index in [1.165, 1.54) is 0 Å². The van der Waals surface area contributed by atoms with Crippen LogP contribution in [-0.2, 0) is 18.3 Å². The van der Waals surface area contributed by atoms with Crippen LogP contribution in [-0.4, -0.2) is 25.8 Å². The fourth-order valence-electron chi connectivity index (χ4n) is 1.68. The highest BCUT2D eigenvalue weighted by Crippen LogP contribution is 2.21. The topological polar surface area (TPSA) is 68.0 Å². The summed E-state index contributed by atoms with van der Waals surface area (Å²) in [4.78, 5) is 10.5. The van der Waals surface area contributed by atoms with Crippen molar-refractivity contribution in [3.05, 3.63) is 35.1 Å². The summed E-state index contributed by atoms with van der Waals surface area (Å²) in [5, 5.41) is 17.3. The molecule has 0 aliphatic heterocycles. The highest BCUT2D eigenvalue weighted by molar-refractivity contribution is 6.30. The molecule has 0 aliphatic rings. The molecule has 0 spiro atoms. The van der Waals surface area contributed by atoms with E-state index in [1.54, 1.807) is 16.7 Å². The van der Waals surface area contributed by atoms with Crippen molar-refractivity contribution in [1.82, 2.24) is 14.8 Å². The van der Waals surface area contributed by atoms with Crippen molar-refractivity contribution < 1.29 is 9.90 Å². The molecule has 0 amide bonds. The maximum atomic E-state index is 10.5. The number of benzene rings is 1. The van der Waals surface area contributed by atoms with E-state index in [2.05, 4.69) is 10.2 Å². The zero-order valence-electron chi connectivity index (χ0n) is 9.80. The molecule has 18 heavy (non-hydrogen) atoms. The van der Waals surface area contributed by atoms with Gasteiger partial charge in [0.2, 0.25) is 0 Å². The van der Waals surface area contributed by atoms with Gasteiger partial charge < -0.3 is 9.67 Å². The van der Waals surface area contributed by atoms with Crippen LogP contribution in [0.2, 0.25) is 5.02 Å². The van der Waals surface area contributed by atoms with Crippen LogP contribution in [0.25, 0.3) is 11.4 Å². The Bertz CT molecular complexity index is 580. The van der Waals surface area contributed by atoms with Gasteiger partial charge in [0.25, 0.3) is 0 Å². The fraction of sp³-hybridized carbons (Fsp3) is 0.250. The quantitative estimate of drug-likeness (QED) is 0.920. The molecule has 2 aromatic rings. The number of aryl methyl sites for hydroxylation is 1. The van der Waals surface area contributed by atoms with Gasteiger partial charge in [-0.3, -0.25) is 4.79 Å². The fourth-order valence-corrected chi connectivity index (χ4v) is 1.87. The normalized spacial score (nSPS) is 10.6. The van der Waals surface area contributed by atoms with E-state index in [-0.39, 0.29) is 6.42 Å². The molecule has 1 aromatic heterocycles. The minimum absolute atomic E-state index is 0.0432. The number of carbonyl (C=O) groups is 1. The molecular weight excluding hydrogens is 254 g/mol. The molecule has 2 rings (SSSR count). The Morgan fingerprint density at radius 2 is 2.22 bits per heavy atom. The first-order chi connectivity index (χ1) is 8.58. The molecule has 0 atom stereocenters. The van der Waals surface area contributed by atoms with E-state index in [9.17, 15) is 4.79 Å². The Hall–Kier alpha value is -1.88. The third kappa shape index (κ3) is 2.68. The van der Waals surface area contributed by atoms with Gasteiger partial charge in [-0.15, -0.1) is 10.2 Å². The number of aromatic nitrogens is 3. The predicted octanol–water partition coefficient (Wildman–Crippen LogP) is 2.15. The number of nitrogens with zero attached hydrogens (tertiary/aromatic N) is 3. The molecule has 94 valence electrons. The molecule has 1 N–H and O–H groups in total. The summed E-state index contributed by atoms with van der Waals surface area (Å²) in [6.45, 7) is 0. The molecule has 0 saturated heterocycles. The average molecular weight is 266 g/mol. The number of rotatable bonds is 4. The number of carboxylic acid groups (broad SMARTS) is 1. The molecule has 0 fully saturated rings. The highest BCUT2D eigenvalue weighted by Gasteiger charge is 2.11. The number of halogens is 1. The largest absolute Gasteiger partial charge is 0.481 e. The van der Waals surface area contributed by atoms with Gasteiger partial charge in [0.15, 0.2) is 5.82 Å². The van der Waals surface area contributed by atoms with Crippen molar-refractivity contribution in [1.29, 1.82) is 0 Å². The maximum Gasteiger partial charge on any atom is 0.303 e. The zero-order valence-corrected chi connectivity index (χ0v) is 10.6. The standard InChI is InChI=1S/C12H12ClN3O2/c1-16-10(5-6-11(17)18)14-15-12(16)8-3-2-4-9(13)7-8/h2-4,7H,5-6H2,1H3,(H,17,18). The van der Waals surface area contributed by atoms with Crippen molar-refractivity contribution in [2.45, 2.75) is 12.8 Å². The smallest absolute Gasteiger partial charge is 0.303 e. The third-order valence-electron chi connectivity index (χ3n) is 2.61. The molecule has 0 saturated carbocycles. The van der Waals surface area contributed by atoms with Crippen LogP contribution in [0.15, 0.2) is 24.3 Å². The van der Waals surface area contributed by atoms with Gasteiger partial charge in [-0.05, 0) is 12.1 Å². The van der Waals surface area contributed by atoms with Gasteiger partial charge in [0.1, 0.15) is 5.82 Å². The highest BCUT2D eigenvalue weighted by atomic mass is 35.5. The van der Waals surface area contributed by atoms with Gasteiger partial charge in [0.05, 0.1) is 6.42 Å². The van der Waals surface area contributed by atoms with Gasteiger partial charge >= 0.3 is 5.97 Å². The second-order valence-electron chi connectivity index (χ2n) is 3.90. The molecule has 5 nitrogen and oxygen atoms in total. The summed E-state index contributed by atoms with van der Waals surface area (Å²) in [6, 6.07) is 7.31. The van der Waals surface area contributed by atoms with Crippen molar-refractivity contribution in [2.24, 2.45) is 7.05 Å². The summed E-state index contributed by atoms with van der Waals surface area (Å²) in [7, 11) is 1.81. The number of carboxylic acids is 1. The van der Waals surface area contributed by atoms with E-state index in [1.807, 2.05) is 19.2 Å². The van der Waals surface area contributed by atoms with Crippen LogP contribution in [0, 0.1) is 0 Å². The molecule has 1 heterocycles. The summed E-state index contributed by atoms with van der Waals surface area (Å²) < 4.78 is 1.79. The first-order valence-electron chi connectivity index (χ1n) is 5.44. The molecule has 0 aliphatic carbocycles. The lowest BCUT2D eigenvalue weighted by Gasteiger charge is -2.03. The summed E-state index contributed by atoms with van der Waals surface area (Å²) in [6.07, 6.45) is 0.404. The summed E-state index contributed by atoms with van der Waals surface area (Å²) in [5.41, 5.74) is 0.860. The number of hydrogen-bond acceptors (Lipinski definition) is 3. The van der Waals surface area contributed by atoms with E-state index >= 15 is 0 Å². The summed E-state index contributed by atoms with van der Waals surface area (Å²) in [5.74, 6) is 0.479. The van der Waals surface area contributed by atoms with E-state index < -0.39 is 5.97 Å². The van der Waals surface area contributed by atoms with Crippen molar-refractivity contribution in [2.75, 3.05) is 0 Å². The monoisotopic (exact) mass is 265 g/mol. The van der Waals surface area contributed by atoms with Crippen LogP contribution >= 0.6 is 11.6 Å². The average Bonchev–Trinajstić information content (AvgIpc) is 2.68. The van der Waals surface area contributed by atoms with Gasteiger partial charge in [-0.1, -0.05) is 23.7 Å². The van der Waals surface area contributed by atoms with Gasteiger partial charge in [-0.2, -0.15) is 0 Å². The molecule has 0 bridgehead atoms. The SMILES string of the molecule is Cn1c(CCC(=O)O)nnc1-c1cccc(Cl)c1. The lowest BCUT2D eigenvalue weighted by molar-refractivity contribution is -0.137. The minimum Gasteiger partial charge on any atom is -0.481 e. The second kappa shape index (κ2) is 5.18. The lowest BCUT2D eigenvalue weighted by atomic mass is 10.2. The van der Waals surface area contributed by atoms with Gasteiger partial charge in [-0.25, -0.2) is 0 Å². The number of hydrogen-bond donors (Lipinski definition) is 1. The Morgan fingerprint density at radius 1 is 1.44 bits per heavy atom.